The molecule has 154 valence electrons. The molecule has 0 aliphatic heterocycles. The van der Waals surface area contributed by atoms with Gasteiger partial charge < -0.3 is 10.1 Å². The molecule has 1 amide bonds. The summed E-state index contributed by atoms with van der Waals surface area (Å²) in [5, 5.41) is 5.42. The molecule has 0 radical (unpaired) electrons. The molecule has 3 nitrogen and oxygen atoms in total. The van der Waals surface area contributed by atoms with E-state index in [9.17, 15) is 4.79 Å². The largest absolute Gasteiger partial charge is 0.489 e. The van der Waals surface area contributed by atoms with Gasteiger partial charge in [-0.1, -0.05) is 54.6 Å². The van der Waals surface area contributed by atoms with Crippen molar-refractivity contribution in [2.75, 3.05) is 5.32 Å². The summed E-state index contributed by atoms with van der Waals surface area (Å²) in [7, 11) is 0. The molecule has 4 aromatic rings. The fourth-order valence-electron chi connectivity index (χ4n) is 4.32. The average molecular weight is 408 g/mol. The summed E-state index contributed by atoms with van der Waals surface area (Å²) in [5.74, 6) is 0.567. The van der Waals surface area contributed by atoms with Crippen LogP contribution in [0.5, 0.6) is 5.75 Å². The van der Waals surface area contributed by atoms with E-state index in [1.54, 1.807) is 6.07 Å². The van der Waals surface area contributed by atoms with E-state index in [-0.39, 0.29) is 5.91 Å². The lowest BCUT2D eigenvalue weighted by molar-refractivity contribution is 0.102. The number of carbonyl (C=O) groups is 1. The van der Waals surface area contributed by atoms with Crippen molar-refractivity contribution in [2.45, 2.75) is 32.3 Å². The average Bonchev–Trinajstić information content (AvgIpc) is 2.83. The molecule has 0 bridgehead atoms. The quantitative estimate of drug-likeness (QED) is 0.407. The Kier molecular flexibility index (Phi) is 5.40. The van der Waals surface area contributed by atoms with E-state index in [2.05, 4.69) is 41.7 Å². The van der Waals surface area contributed by atoms with Crippen molar-refractivity contribution in [1.82, 2.24) is 0 Å². The van der Waals surface area contributed by atoms with Crippen molar-refractivity contribution < 1.29 is 9.53 Å². The standard InChI is InChI=1S/C28H25NO2/c30-28(29-25-16-15-20-7-1-2-9-22(20)17-25)23-11-6-13-26(18-23)31-19-24-12-5-10-21-8-3-4-14-27(21)24/h3-6,8,10-18H,1-2,7,9,19H2,(H,29,30). The summed E-state index contributed by atoms with van der Waals surface area (Å²) in [5.41, 5.74) is 5.34. The number of benzene rings is 4. The van der Waals surface area contributed by atoms with Gasteiger partial charge in [0.1, 0.15) is 12.4 Å². The first-order chi connectivity index (χ1) is 15.3. The van der Waals surface area contributed by atoms with Gasteiger partial charge in [-0.15, -0.1) is 0 Å². The molecular weight excluding hydrogens is 382 g/mol. The fourth-order valence-corrected chi connectivity index (χ4v) is 4.32. The van der Waals surface area contributed by atoms with Gasteiger partial charge in [0.15, 0.2) is 0 Å². The lowest BCUT2D eigenvalue weighted by Crippen LogP contribution is -2.13. The predicted octanol–water partition coefficient (Wildman–Crippen LogP) is 6.55. The van der Waals surface area contributed by atoms with Gasteiger partial charge in [-0.25, -0.2) is 0 Å². The highest BCUT2D eigenvalue weighted by molar-refractivity contribution is 6.04. The first-order valence-electron chi connectivity index (χ1n) is 10.9. The number of hydrogen-bond donors (Lipinski definition) is 1. The highest BCUT2D eigenvalue weighted by Crippen LogP contribution is 2.25. The number of ether oxygens (including phenoxy) is 1. The number of aryl methyl sites for hydroxylation is 2. The number of rotatable bonds is 5. The van der Waals surface area contributed by atoms with Crippen LogP contribution in [0.2, 0.25) is 0 Å². The Labute approximate surface area is 182 Å². The minimum atomic E-state index is -0.119. The lowest BCUT2D eigenvalue weighted by atomic mass is 9.91. The second-order valence-corrected chi connectivity index (χ2v) is 8.10. The van der Waals surface area contributed by atoms with Crippen LogP contribution >= 0.6 is 0 Å². The molecule has 4 aromatic carbocycles. The lowest BCUT2D eigenvalue weighted by Gasteiger charge is -2.17. The van der Waals surface area contributed by atoms with Gasteiger partial charge in [-0.3, -0.25) is 4.79 Å². The van der Waals surface area contributed by atoms with Gasteiger partial charge in [0.05, 0.1) is 0 Å². The number of nitrogens with one attached hydrogen (secondary N) is 1. The Hall–Kier alpha value is -3.59. The molecule has 0 saturated carbocycles. The van der Waals surface area contributed by atoms with Crippen LogP contribution in [-0.4, -0.2) is 5.91 Å². The van der Waals surface area contributed by atoms with E-state index >= 15 is 0 Å². The minimum absolute atomic E-state index is 0.119. The van der Waals surface area contributed by atoms with Crippen LogP contribution < -0.4 is 10.1 Å². The fraction of sp³-hybridized carbons (Fsp3) is 0.179. The van der Waals surface area contributed by atoms with Crippen molar-refractivity contribution in [1.29, 1.82) is 0 Å². The van der Waals surface area contributed by atoms with Crippen LogP contribution in [0.3, 0.4) is 0 Å². The van der Waals surface area contributed by atoms with Crippen molar-refractivity contribution in [3.05, 3.63) is 107 Å². The summed E-state index contributed by atoms with van der Waals surface area (Å²) in [6.45, 7) is 0.456. The summed E-state index contributed by atoms with van der Waals surface area (Å²) in [4.78, 5) is 12.8. The Bertz CT molecular complexity index is 1240. The molecule has 0 saturated heterocycles. The molecule has 1 aliphatic carbocycles. The molecule has 0 unspecified atom stereocenters. The minimum Gasteiger partial charge on any atom is -0.489 e. The second kappa shape index (κ2) is 8.65. The van der Waals surface area contributed by atoms with Gasteiger partial charge in [0.25, 0.3) is 5.91 Å². The zero-order chi connectivity index (χ0) is 21.0. The topological polar surface area (TPSA) is 38.3 Å². The Morgan fingerprint density at radius 1 is 0.806 bits per heavy atom. The van der Waals surface area contributed by atoms with Crippen molar-refractivity contribution in [2.24, 2.45) is 0 Å². The first kappa shape index (κ1) is 19.4. The monoisotopic (exact) mass is 407 g/mol. The van der Waals surface area contributed by atoms with E-state index in [4.69, 9.17) is 4.74 Å². The van der Waals surface area contributed by atoms with Crippen molar-refractivity contribution in [3.63, 3.8) is 0 Å². The molecule has 0 heterocycles. The molecule has 31 heavy (non-hydrogen) atoms. The van der Waals surface area contributed by atoms with Gasteiger partial charge in [-0.2, -0.15) is 0 Å². The van der Waals surface area contributed by atoms with Crippen molar-refractivity contribution in [3.8, 4) is 5.75 Å². The second-order valence-electron chi connectivity index (χ2n) is 8.10. The highest BCUT2D eigenvalue weighted by atomic mass is 16.5. The molecule has 1 N–H and O–H groups in total. The molecule has 0 spiro atoms. The van der Waals surface area contributed by atoms with Gasteiger partial charge in [-0.05, 0) is 83.5 Å². The summed E-state index contributed by atoms with van der Waals surface area (Å²) < 4.78 is 6.04. The zero-order valence-electron chi connectivity index (χ0n) is 17.4. The number of fused-ring (bicyclic) bond motifs is 2. The van der Waals surface area contributed by atoms with Crippen molar-refractivity contribution >= 4 is 22.4 Å². The summed E-state index contributed by atoms with van der Waals surface area (Å²) in [6, 6.07) is 28.2. The normalized spacial score (nSPS) is 12.9. The molecular formula is C28H25NO2. The zero-order valence-corrected chi connectivity index (χ0v) is 17.4. The van der Waals surface area contributed by atoms with E-state index in [1.165, 1.54) is 34.7 Å². The van der Waals surface area contributed by atoms with Crippen LogP contribution in [0, 0.1) is 0 Å². The van der Waals surface area contributed by atoms with Gasteiger partial charge >= 0.3 is 0 Å². The Morgan fingerprint density at radius 2 is 1.61 bits per heavy atom. The number of amides is 1. The van der Waals surface area contributed by atoms with E-state index in [1.807, 2.05) is 42.5 Å². The van der Waals surface area contributed by atoms with Crippen LogP contribution in [0.25, 0.3) is 10.8 Å². The van der Waals surface area contributed by atoms with Gasteiger partial charge in [0, 0.05) is 11.3 Å². The number of carbonyl (C=O) groups excluding carboxylic acids is 1. The molecule has 0 atom stereocenters. The maximum absolute atomic E-state index is 12.8. The molecule has 3 heteroatoms. The molecule has 1 aliphatic rings. The van der Waals surface area contributed by atoms with Gasteiger partial charge in [0.2, 0.25) is 0 Å². The summed E-state index contributed by atoms with van der Waals surface area (Å²) in [6.07, 6.45) is 4.71. The Balaban J connectivity index is 1.29. The third-order valence-electron chi connectivity index (χ3n) is 5.98. The maximum atomic E-state index is 12.8. The number of anilines is 1. The van der Waals surface area contributed by atoms with E-state index in [0.717, 1.165) is 24.1 Å². The number of hydrogen-bond acceptors (Lipinski definition) is 2. The smallest absolute Gasteiger partial charge is 0.255 e. The Morgan fingerprint density at radius 3 is 2.55 bits per heavy atom. The van der Waals surface area contributed by atoms with Crippen LogP contribution in [-0.2, 0) is 19.4 Å². The van der Waals surface area contributed by atoms with Crippen LogP contribution in [0.1, 0.15) is 39.9 Å². The molecule has 0 fully saturated rings. The first-order valence-corrected chi connectivity index (χ1v) is 10.9. The highest BCUT2D eigenvalue weighted by Gasteiger charge is 2.12. The molecule has 0 aromatic heterocycles. The third-order valence-corrected chi connectivity index (χ3v) is 5.98. The van der Waals surface area contributed by atoms with E-state index in [0.29, 0.717) is 17.9 Å². The van der Waals surface area contributed by atoms with Crippen LogP contribution in [0.4, 0.5) is 5.69 Å². The third kappa shape index (κ3) is 4.31. The predicted molar refractivity (Wildman–Crippen MR) is 126 cm³/mol. The SMILES string of the molecule is O=C(Nc1ccc2c(c1)CCCC2)c1cccc(OCc2cccc3ccccc23)c1. The van der Waals surface area contributed by atoms with E-state index < -0.39 is 0 Å². The maximum Gasteiger partial charge on any atom is 0.255 e. The van der Waals surface area contributed by atoms with Crippen LogP contribution in [0.15, 0.2) is 84.9 Å². The summed E-state index contributed by atoms with van der Waals surface area (Å²) >= 11 is 0. The molecule has 5 rings (SSSR count).